The summed E-state index contributed by atoms with van der Waals surface area (Å²) < 4.78 is 4.94. The number of ether oxygens (including phenoxy) is 1. The van der Waals surface area contributed by atoms with Crippen LogP contribution in [0, 0.1) is 0 Å². The zero-order valence-corrected chi connectivity index (χ0v) is 11.9. The molecule has 1 N–H and O–H groups in total. The van der Waals surface area contributed by atoms with Gasteiger partial charge >= 0.3 is 5.97 Å². The van der Waals surface area contributed by atoms with Crippen molar-refractivity contribution in [2.45, 2.75) is 39.7 Å². The van der Waals surface area contributed by atoms with Crippen LogP contribution in [0.5, 0.6) is 0 Å². The Morgan fingerprint density at radius 3 is 2.16 bits per heavy atom. The van der Waals surface area contributed by atoms with Crippen LogP contribution in [0.15, 0.2) is 24.3 Å². The molecule has 1 rings (SSSR count). The van der Waals surface area contributed by atoms with Crippen LogP contribution in [0.25, 0.3) is 0 Å². The average molecular weight is 263 g/mol. The predicted octanol–water partition coefficient (Wildman–Crippen LogP) is 2.49. The summed E-state index contributed by atoms with van der Waals surface area (Å²) >= 11 is 0. The molecule has 0 radical (unpaired) electrons. The summed E-state index contributed by atoms with van der Waals surface area (Å²) in [5.74, 6) is -0.349. The maximum atomic E-state index is 11.7. The van der Waals surface area contributed by atoms with Gasteiger partial charge in [0, 0.05) is 6.04 Å². The minimum atomic E-state index is -0.478. The molecule has 0 aliphatic heterocycles. The van der Waals surface area contributed by atoms with E-state index in [4.69, 9.17) is 4.74 Å². The van der Waals surface area contributed by atoms with Crippen molar-refractivity contribution in [1.29, 1.82) is 0 Å². The topological polar surface area (TPSA) is 55.4 Å². The quantitative estimate of drug-likeness (QED) is 0.830. The molecule has 0 aliphatic carbocycles. The fraction of sp³-hybridized carbons (Fsp3) is 0.467. The van der Waals surface area contributed by atoms with E-state index < -0.39 is 5.97 Å². The molecule has 19 heavy (non-hydrogen) atoms. The van der Waals surface area contributed by atoms with Crippen molar-refractivity contribution in [2.75, 3.05) is 6.61 Å². The first kappa shape index (κ1) is 15.2. The van der Waals surface area contributed by atoms with Crippen LogP contribution in [0.2, 0.25) is 0 Å². The van der Waals surface area contributed by atoms with Gasteiger partial charge in [0.1, 0.15) is 0 Å². The Hall–Kier alpha value is -1.84. The van der Waals surface area contributed by atoms with E-state index in [0.29, 0.717) is 11.5 Å². The highest BCUT2D eigenvalue weighted by molar-refractivity contribution is 5.91. The Labute approximate surface area is 114 Å². The number of amides is 1. The number of carbonyl (C=O) groups is 2. The third-order valence-electron chi connectivity index (χ3n) is 2.60. The lowest BCUT2D eigenvalue weighted by Gasteiger charge is -2.09. The van der Waals surface area contributed by atoms with Gasteiger partial charge in [-0.3, -0.25) is 4.79 Å². The molecule has 0 heterocycles. The van der Waals surface area contributed by atoms with Crippen LogP contribution in [-0.2, 0) is 9.53 Å². The fourth-order valence-electron chi connectivity index (χ4n) is 1.58. The van der Waals surface area contributed by atoms with Gasteiger partial charge in [-0.05, 0) is 37.5 Å². The number of nitrogens with one attached hydrogen (secondary N) is 1. The number of benzene rings is 1. The standard InChI is InChI=1S/C15H21NO3/c1-10(2)12-5-7-13(8-6-12)15(18)19-9-14(17)16-11(3)4/h5-8,10-11H,9H2,1-4H3,(H,16,17). The van der Waals surface area contributed by atoms with Crippen molar-refractivity contribution in [3.63, 3.8) is 0 Å². The van der Waals surface area contributed by atoms with E-state index in [9.17, 15) is 9.59 Å². The Bertz CT molecular complexity index is 435. The molecule has 0 fully saturated rings. The lowest BCUT2D eigenvalue weighted by atomic mass is 10.0. The Balaban J connectivity index is 2.52. The Kier molecular flexibility index (Phi) is 5.55. The van der Waals surface area contributed by atoms with E-state index in [1.807, 2.05) is 26.0 Å². The summed E-state index contributed by atoms with van der Waals surface area (Å²) in [5, 5.41) is 2.66. The zero-order valence-electron chi connectivity index (χ0n) is 11.9. The molecule has 104 valence electrons. The minimum Gasteiger partial charge on any atom is -0.452 e. The van der Waals surface area contributed by atoms with E-state index in [0.717, 1.165) is 5.56 Å². The number of carbonyl (C=O) groups excluding carboxylic acids is 2. The third kappa shape index (κ3) is 5.12. The second kappa shape index (κ2) is 6.92. The van der Waals surface area contributed by atoms with Gasteiger partial charge in [-0.2, -0.15) is 0 Å². The SMILES string of the molecule is CC(C)NC(=O)COC(=O)c1ccc(C(C)C)cc1. The van der Waals surface area contributed by atoms with Crippen molar-refractivity contribution >= 4 is 11.9 Å². The minimum absolute atomic E-state index is 0.0385. The maximum Gasteiger partial charge on any atom is 0.338 e. The maximum absolute atomic E-state index is 11.7. The van der Waals surface area contributed by atoms with Gasteiger partial charge in [-0.1, -0.05) is 26.0 Å². The van der Waals surface area contributed by atoms with E-state index in [2.05, 4.69) is 19.2 Å². The van der Waals surface area contributed by atoms with Crippen LogP contribution < -0.4 is 5.32 Å². The number of hydrogen-bond donors (Lipinski definition) is 1. The van der Waals surface area contributed by atoms with Gasteiger partial charge in [-0.25, -0.2) is 4.79 Å². The van der Waals surface area contributed by atoms with E-state index >= 15 is 0 Å². The van der Waals surface area contributed by atoms with Crippen LogP contribution in [0.1, 0.15) is 49.5 Å². The van der Waals surface area contributed by atoms with E-state index in [1.54, 1.807) is 12.1 Å². The molecule has 1 amide bonds. The van der Waals surface area contributed by atoms with Crippen molar-refractivity contribution in [1.82, 2.24) is 5.32 Å². The first-order valence-corrected chi connectivity index (χ1v) is 6.46. The molecule has 0 saturated carbocycles. The highest BCUT2D eigenvalue weighted by Gasteiger charge is 2.11. The number of hydrogen-bond acceptors (Lipinski definition) is 3. The lowest BCUT2D eigenvalue weighted by molar-refractivity contribution is -0.124. The van der Waals surface area contributed by atoms with Crippen LogP contribution in [0.4, 0.5) is 0 Å². The second-order valence-corrected chi connectivity index (χ2v) is 5.08. The lowest BCUT2D eigenvalue weighted by Crippen LogP contribution is -2.33. The molecule has 4 nitrogen and oxygen atoms in total. The largest absolute Gasteiger partial charge is 0.452 e. The molecule has 0 aromatic heterocycles. The first-order valence-electron chi connectivity index (χ1n) is 6.46. The summed E-state index contributed by atoms with van der Waals surface area (Å²) in [4.78, 5) is 23.1. The Morgan fingerprint density at radius 2 is 1.68 bits per heavy atom. The summed E-state index contributed by atoms with van der Waals surface area (Å²) in [6, 6.07) is 7.28. The number of rotatable bonds is 5. The van der Waals surface area contributed by atoms with E-state index in [1.165, 1.54) is 0 Å². The molecule has 0 unspecified atom stereocenters. The van der Waals surface area contributed by atoms with Crippen molar-refractivity contribution in [3.8, 4) is 0 Å². The highest BCUT2D eigenvalue weighted by atomic mass is 16.5. The predicted molar refractivity (Wildman–Crippen MR) is 74.1 cm³/mol. The molecule has 4 heteroatoms. The summed E-state index contributed by atoms with van der Waals surface area (Å²) in [6.07, 6.45) is 0. The smallest absolute Gasteiger partial charge is 0.338 e. The summed E-state index contributed by atoms with van der Waals surface area (Å²) in [5.41, 5.74) is 1.62. The van der Waals surface area contributed by atoms with Gasteiger partial charge in [0.25, 0.3) is 5.91 Å². The normalized spacial score (nSPS) is 10.6. The zero-order chi connectivity index (χ0) is 14.4. The molecule has 0 bridgehead atoms. The molecular weight excluding hydrogens is 242 g/mol. The average Bonchev–Trinajstić information content (AvgIpc) is 2.35. The second-order valence-electron chi connectivity index (χ2n) is 5.08. The molecule has 0 spiro atoms. The molecule has 0 atom stereocenters. The monoisotopic (exact) mass is 263 g/mol. The number of esters is 1. The molecule has 0 saturated heterocycles. The fourth-order valence-corrected chi connectivity index (χ4v) is 1.58. The molecule has 1 aromatic rings. The first-order chi connectivity index (χ1) is 8.90. The molecule has 1 aromatic carbocycles. The van der Waals surface area contributed by atoms with Gasteiger partial charge < -0.3 is 10.1 Å². The third-order valence-corrected chi connectivity index (χ3v) is 2.60. The summed E-state index contributed by atoms with van der Waals surface area (Å²) in [6.45, 7) is 7.63. The van der Waals surface area contributed by atoms with Gasteiger partial charge in [0.2, 0.25) is 0 Å². The molecular formula is C15H21NO3. The van der Waals surface area contributed by atoms with Gasteiger partial charge in [0.15, 0.2) is 6.61 Å². The Morgan fingerprint density at radius 1 is 1.11 bits per heavy atom. The van der Waals surface area contributed by atoms with Crippen LogP contribution in [-0.4, -0.2) is 24.5 Å². The van der Waals surface area contributed by atoms with Gasteiger partial charge in [-0.15, -0.1) is 0 Å². The van der Waals surface area contributed by atoms with Crippen molar-refractivity contribution in [3.05, 3.63) is 35.4 Å². The van der Waals surface area contributed by atoms with Crippen molar-refractivity contribution < 1.29 is 14.3 Å². The van der Waals surface area contributed by atoms with Crippen molar-refractivity contribution in [2.24, 2.45) is 0 Å². The summed E-state index contributed by atoms with van der Waals surface area (Å²) in [7, 11) is 0. The van der Waals surface area contributed by atoms with E-state index in [-0.39, 0.29) is 18.6 Å². The van der Waals surface area contributed by atoms with Gasteiger partial charge in [0.05, 0.1) is 5.56 Å². The van der Waals surface area contributed by atoms with Crippen LogP contribution >= 0.6 is 0 Å². The molecule has 0 aliphatic rings. The van der Waals surface area contributed by atoms with Crippen LogP contribution in [0.3, 0.4) is 0 Å². The highest BCUT2D eigenvalue weighted by Crippen LogP contribution is 2.15.